The number of aliphatic hydroxyl groups is 1. The minimum atomic E-state index is -1.26. The third-order valence-corrected chi connectivity index (χ3v) is 5.22. The lowest BCUT2D eigenvalue weighted by molar-refractivity contribution is -0.133. The van der Waals surface area contributed by atoms with Gasteiger partial charge in [0.1, 0.15) is 6.04 Å². The number of rotatable bonds is 6. The maximum absolute atomic E-state index is 12.3. The van der Waals surface area contributed by atoms with Crippen LogP contribution < -0.4 is 10.8 Å². The lowest BCUT2D eigenvalue weighted by Gasteiger charge is -2.19. The Kier molecular flexibility index (Phi) is 7.79. The fraction of sp³-hybridized carbons (Fsp3) is 0.333. The molecule has 2 amide bonds. The number of hydroxylamine groups is 1. The van der Waals surface area contributed by atoms with Gasteiger partial charge in [-0.2, -0.15) is 0 Å². The van der Waals surface area contributed by atoms with Crippen molar-refractivity contribution in [3.8, 4) is 11.8 Å². The molecule has 4 N–H and O–H groups in total. The molecule has 2 aromatic carbocycles. The van der Waals surface area contributed by atoms with Crippen molar-refractivity contribution in [2.75, 3.05) is 13.1 Å². The highest BCUT2D eigenvalue weighted by Crippen LogP contribution is 2.13. The van der Waals surface area contributed by atoms with Crippen molar-refractivity contribution in [1.82, 2.24) is 15.7 Å². The summed E-state index contributed by atoms with van der Waals surface area (Å²) >= 11 is 0. The molecule has 1 saturated heterocycles. The van der Waals surface area contributed by atoms with E-state index in [0.717, 1.165) is 17.7 Å². The number of likely N-dealkylation sites (tertiary alicyclic amines) is 1. The first-order valence-corrected chi connectivity index (χ1v) is 10.3. The fourth-order valence-electron chi connectivity index (χ4n) is 3.44. The molecule has 0 radical (unpaired) electrons. The summed E-state index contributed by atoms with van der Waals surface area (Å²) in [6.07, 6.45) is 1.40. The van der Waals surface area contributed by atoms with Gasteiger partial charge in [0.25, 0.3) is 11.8 Å². The summed E-state index contributed by atoms with van der Waals surface area (Å²) in [5, 5.41) is 20.7. The molecule has 2 atom stereocenters. The van der Waals surface area contributed by atoms with Crippen LogP contribution in [0.15, 0.2) is 48.5 Å². The molecule has 0 bridgehead atoms. The second-order valence-electron chi connectivity index (χ2n) is 7.68. The lowest BCUT2D eigenvalue weighted by Crippen LogP contribution is -2.51. The summed E-state index contributed by atoms with van der Waals surface area (Å²) in [5.41, 5.74) is 4.70. The molecule has 2 unspecified atom stereocenters. The summed E-state index contributed by atoms with van der Waals surface area (Å²) in [4.78, 5) is 26.3. The quantitative estimate of drug-likeness (QED) is 0.323. The number of benzene rings is 2. The van der Waals surface area contributed by atoms with E-state index in [0.29, 0.717) is 5.56 Å². The molecule has 3 rings (SSSR count). The van der Waals surface area contributed by atoms with Crippen molar-refractivity contribution < 1.29 is 19.9 Å². The summed E-state index contributed by atoms with van der Waals surface area (Å²) in [5.74, 6) is 4.77. The van der Waals surface area contributed by atoms with Gasteiger partial charge < -0.3 is 10.4 Å². The highest BCUT2D eigenvalue weighted by atomic mass is 16.5. The molecule has 162 valence electrons. The summed E-state index contributed by atoms with van der Waals surface area (Å²) in [6.45, 7) is 4.67. The van der Waals surface area contributed by atoms with Crippen molar-refractivity contribution in [3.63, 3.8) is 0 Å². The number of carbonyl (C=O) groups is 2. The Morgan fingerprint density at radius 3 is 2.06 bits per heavy atom. The predicted octanol–water partition coefficient (Wildman–Crippen LogP) is 1.67. The molecule has 0 spiro atoms. The standard InChI is InChI=1S/C24H27N3O4/c1-17(28)22(24(30)26-31)25-23(29)21-12-10-19(11-13-21)5-4-18-6-8-20(9-7-18)16-27-14-2-3-15-27/h6-13,17,22,28,31H,2-3,14-16H2,1H3,(H,25,29)(H,26,30). The Hall–Kier alpha value is -3.18. The van der Waals surface area contributed by atoms with Crippen molar-refractivity contribution in [1.29, 1.82) is 0 Å². The van der Waals surface area contributed by atoms with E-state index in [2.05, 4.69) is 34.2 Å². The van der Waals surface area contributed by atoms with Gasteiger partial charge in [0.05, 0.1) is 6.10 Å². The summed E-state index contributed by atoms with van der Waals surface area (Å²) in [6, 6.07) is 13.6. The first-order valence-electron chi connectivity index (χ1n) is 10.3. The molecule has 1 aliphatic heterocycles. The van der Waals surface area contributed by atoms with E-state index in [-0.39, 0.29) is 0 Å². The number of aliphatic hydroxyl groups excluding tert-OH is 1. The van der Waals surface area contributed by atoms with Gasteiger partial charge in [0.2, 0.25) is 0 Å². The zero-order valence-corrected chi connectivity index (χ0v) is 17.5. The molecule has 1 fully saturated rings. The Bertz CT molecular complexity index is 953. The Morgan fingerprint density at radius 1 is 1.00 bits per heavy atom. The van der Waals surface area contributed by atoms with Crippen LogP contribution in [0.5, 0.6) is 0 Å². The van der Waals surface area contributed by atoms with Crippen molar-refractivity contribution in [2.24, 2.45) is 0 Å². The normalized spacial score (nSPS) is 15.5. The fourth-order valence-corrected chi connectivity index (χ4v) is 3.44. The van der Waals surface area contributed by atoms with E-state index in [4.69, 9.17) is 5.21 Å². The molecule has 31 heavy (non-hydrogen) atoms. The first-order chi connectivity index (χ1) is 15.0. The number of nitrogens with one attached hydrogen (secondary N) is 2. The van der Waals surface area contributed by atoms with Gasteiger partial charge in [-0.1, -0.05) is 24.0 Å². The number of carbonyl (C=O) groups excluding carboxylic acids is 2. The zero-order chi connectivity index (χ0) is 22.2. The van der Waals surface area contributed by atoms with E-state index >= 15 is 0 Å². The van der Waals surface area contributed by atoms with Crippen LogP contribution in [0.2, 0.25) is 0 Å². The second-order valence-corrected chi connectivity index (χ2v) is 7.68. The molecule has 2 aromatic rings. The molecule has 1 aliphatic rings. The Morgan fingerprint density at radius 2 is 1.55 bits per heavy atom. The molecule has 0 aliphatic carbocycles. The molecule has 7 nitrogen and oxygen atoms in total. The highest BCUT2D eigenvalue weighted by molar-refractivity contribution is 5.97. The van der Waals surface area contributed by atoms with Gasteiger partial charge in [0.15, 0.2) is 0 Å². The third-order valence-electron chi connectivity index (χ3n) is 5.22. The Labute approximate surface area is 182 Å². The maximum atomic E-state index is 12.3. The van der Waals surface area contributed by atoms with Crippen LogP contribution in [0.1, 0.15) is 46.8 Å². The molecule has 1 heterocycles. The molecular weight excluding hydrogens is 394 g/mol. The lowest BCUT2D eigenvalue weighted by atomic mass is 10.1. The van der Waals surface area contributed by atoms with Crippen LogP contribution in [-0.2, 0) is 11.3 Å². The minimum Gasteiger partial charge on any atom is -0.391 e. The predicted molar refractivity (Wildman–Crippen MR) is 116 cm³/mol. The molecular formula is C24H27N3O4. The molecule has 7 heteroatoms. The van der Waals surface area contributed by atoms with Gasteiger partial charge in [-0.3, -0.25) is 19.7 Å². The van der Waals surface area contributed by atoms with Crippen LogP contribution in [-0.4, -0.2) is 52.3 Å². The van der Waals surface area contributed by atoms with Crippen LogP contribution in [0.3, 0.4) is 0 Å². The van der Waals surface area contributed by atoms with Crippen molar-refractivity contribution in [3.05, 3.63) is 70.8 Å². The number of amides is 2. The smallest absolute Gasteiger partial charge is 0.268 e. The van der Waals surface area contributed by atoms with Crippen molar-refractivity contribution in [2.45, 2.75) is 38.5 Å². The van der Waals surface area contributed by atoms with Gasteiger partial charge in [-0.25, -0.2) is 5.48 Å². The van der Waals surface area contributed by atoms with Crippen LogP contribution in [0, 0.1) is 11.8 Å². The minimum absolute atomic E-state index is 0.313. The Balaban J connectivity index is 1.60. The van der Waals surface area contributed by atoms with E-state index in [1.807, 2.05) is 12.1 Å². The van der Waals surface area contributed by atoms with E-state index in [1.54, 1.807) is 24.3 Å². The zero-order valence-electron chi connectivity index (χ0n) is 17.5. The van der Waals surface area contributed by atoms with E-state index in [1.165, 1.54) is 43.9 Å². The SMILES string of the molecule is CC(O)C(NC(=O)c1ccc(C#Cc2ccc(CN3CCCC3)cc2)cc1)C(=O)NO. The second kappa shape index (κ2) is 10.7. The maximum Gasteiger partial charge on any atom is 0.268 e. The van der Waals surface area contributed by atoms with Crippen molar-refractivity contribution >= 4 is 11.8 Å². The van der Waals surface area contributed by atoms with Gasteiger partial charge in [-0.15, -0.1) is 0 Å². The largest absolute Gasteiger partial charge is 0.391 e. The topological polar surface area (TPSA) is 102 Å². The van der Waals surface area contributed by atoms with E-state index in [9.17, 15) is 14.7 Å². The average Bonchev–Trinajstić information content (AvgIpc) is 3.29. The van der Waals surface area contributed by atoms with Gasteiger partial charge in [0, 0.05) is 23.2 Å². The van der Waals surface area contributed by atoms with E-state index < -0.39 is 24.0 Å². The van der Waals surface area contributed by atoms with Gasteiger partial charge >= 0.3 is 0 Å². The molecule has 0 aromatic heterocycles. The summed E-state index contributed by atoms with van der Waals surface area (Å²) in [7, 11) is 0. The average molecular weight is 421 g/mol. The van der Waals surface area contributed by atoms with Crippen LogP contribution >= 0.6 is 0 Å². The third kappa shape index (κ3) is 6.40. The highest BCUT2D eigenvalue weighted by Gasteiger charge is 2.25. The van der Waals surface area contributed by atoms with Crippen LogP contribution in [0.25, 0.3) is 0 Å². The number of hydrogen-bond donors (Lipinski definition) is 4. The van der Waals surface area contributed by atoms with Crippen LogP contribution in [0.4, 0.5) is 0 Å². The molecule has 0 saturated carbocycles. The first kappa shape index (κ1) is 22.5. The summed E-state index contributed by atoms with van der Waals surface area (Å²) < 4.78 is 0. The number of nitrogens with zero attached hydrogens (tertiary/aromatic N) is 1. The number of hydrogen-bond acceptors (Lipinski definition) is 5. The van der Waals surface area contributed by atoms with Gasteiger partial charge in [-0.05, 0) is 74.8 Å². The monoisotopic (exact) mass is 421 g/mol.